The lowest BCUT2D eigenvalue weighted by atomic mass is 9.90. The number of ether oxygens (including phenoxy) is 1. The summed E-state index contributed by atoms with van der Waals surface area (Å²) in [7, 11) is 0. The largest absolute Gasteiger partial charge is 0.368 e. The molecule has 4 heteroatoms. The van der Waals surface area contributed by atoms with Crippen molar-refractivity contribution in [3.8, 4) is 0 Å². The summed E-state index contributed by atoms with van der Waals surface area (Å²) >= 11 is 0. The number of benzene rings is 1. The average Bonchev–Trinajstić information content (AvgIpc) is 2.35. The molecule has 1 aromatic rings. The molecule has 4 nitrogen and oxygen atoms in total. The van der Waals surface area contributed by atoms with Gasteiger partial charge < -0.3 is 4.74 Å². The molecule has 1 aromatic carbocycles. The topological polar surface area (TPSA) is 64.3 Å². The first-order valence-corrected chi connectivity index (χ1v) is 5.47. The highest BCUT2D eigenvalue weighted by atomic mass is 16.5. The van der Waals surface area contributed by atoms with Gasteiger partial charge in [-0.05, 0) is 30.4 Å². The molecule has 0 bridgehead atoms. The summed E-state index contributed by atoms with van der Waals surface area (Å²) in [5.74, 6) is 4.71. The molecule has 0 aliphatic heterocycles. The summed E-state index contributed by atoms with van der Waals surface area (Å²) in [5.41, 5.74) is 4.78. The van der Waals surface area contributed by atoms with E-state index in [1.54, 1.807) is 0 Å². The van der Waals surface area contributed by atoms with E-state index in [1.165, 1.54) is 11.1 Å². The molecule has 1 aliphatic rings. The first-order valence-electron chi connectivity index (χ1n) is 5.47. The standard InChI is InChI=1S/C12H16N2O2/c13-14-12(15)8-16-11-6-5-9-3-1-2-4-10(9)7-11/h1-4,11H,5-8,13H2,(H,14,15)/t11-/m1/s1. The SMILES string of the molecule is NNC(=O)CO[C@@H]1CCc2ccccc2C1. The number of hydrazine groups is 1. The molecule has 0 fully saturated rings. The molecule has 0 saturated heterocycles. The zero-order valence-electron chi connectivity index (χ0n) is 9.11. The predicted molar refractivity (Wildman–Crippen MR) is 60.5 cm³/mol. The van der Waals surface area contributed by atoms with Gasteiger partial charge in [0.05, 0.1) is 6.10 Å². The number of carbonyl (C=O) groups is 1. The Hall–Kier alpha value is -1.39. The van der Waals surface area contributed by atoms with Gasteiger partial charge in [0.15, 0.2) is 0 Å². The number of rotatable bonds is 3. The van der Waals surface area contributed by atoms with Crippen molar-refractivity contribution in [2.75, 3.05) is 6.61 Å². The van der Waals surface area contributed by atoms with Crippen molar-refractivity contribution < 1.29 is 9.53 Å². The number of fused-ring (bicyclic) bond motifs is 1. The van der Waals surface area contributed by atoms with E-state index in [-0.39, 0.29) is 18.6 Å². The van der Waals surface area contributed by atoms with Crippen molar-refractivity contribution in [3.05, 3.63) is 35.4 Å². The summed E-state index contributed by atoms with van der Waals surface area (Å²) < 4.78 is 5.50. The molecule has 2 rings (SSSR count). The Kier molecular flexibility index (Phi) is 3.54. The molecular formula is C12H16N2O2. The first-order chi connectivity index (χ1) is 7.79. The van der Waals surface area contributed by atoms with Gasteiger partial charge in [-0.1, -0.05) is 24.3 Å². The normalized spacial score (nSPS) is 18.9. The fourth-order valence-electron chi connectivity index (χ4n) is 2.04. The van der Waals surface area contributed by atoms with Crippen LogP contribution in [0.1, 0.15) is 17.5 Å². The van der Waals surface area contributed by atoms with Gasteiger partial charge in [0, 0.05) is 0 Å². The van der Waals surface area contributed by atoms with Gasteiger partial charge in [0.25, 0.3) is 5.91 Å². The molecule has 3 N–H and O–H groups in total. The minimum absolute atomic E-state index is 0.0450. The predicted octanol–water partition coefficient (Wildman–Crippen LogP) is 0.550. The Morgan fingerprint density at radius 1 is 1.44 bits per heavy atom. The molecule has 0 unspecified atom stereocenters. The van der Waals surface area contributed by atoms with Crippen LogP contribution in [-0.2, 0) is 22.4 Å². The van der Waals surface area contributed by atoms with Gasteiger partial charge >= 0.3 is 0 Å². The summed E-state index contributed by atoms with van der Waals surface area (Å²) in [6, 6.07) is 8.36. The van der Waals surface area contributed by atoms with E-state index >= 15 is 0 Å². The van der Waals surface area contributed by atoms with Crippen molar-refractivity contribution in [2.24, 2.45) is 5.84 Å². The third kappa shape index (κ3) is 2.59. The molecule has 1 aliphatic carbocycles. The maximum Gasteiger partial charge on any atom is 0.259 e. The highest BCUT2D eigenvalue weighted by molar-refractivity contribution is 5.76. The number of nitrogens with one attached hydrogen (secondary N) is 1. The summed E-state index contributed by atoms with van der Waals surface area (Å²) in [4.78, 5) is 10.9. The molecule has 0 radical (unpaired) electrons. The maximum atomic E-state index is 10.9. The van der Waals surface area contributed by atoms with Crippen LogP contribution >= 0.6 is 0 Å². The van der Waals surface area contributed by atoms with Crippen molar-refractivity contribution in [1.82, 2.24) is 5.43 Å². The number of amides is 1. The fraction of sp³-hybridized carbons (Fsp3) is 0.417. The molecule has 1 amide bonds. The molecule has 86 valence electrons. The van der Waals surface area contributed by atoms with Gasteiger partial charge in [-0.15, -0.1) is 0 Å². The van der Waals surface area contributed by atoms with Crippen LogP contribution < -0.4 is 11.3 Å². The van der Waals surface area contributed by atoms with Crippen molar-refractivity contribution in [2.45, 2.75) is 25.4 Å². The average molecular weight is 220 g/mol. The van der Waals surface area contributed by atoms with Gasteiger partial charge in [0.2, 0.25) is 0 Å². The van der Waals surface area contributed by atoms with Crippen LogP contribution in [0.25, 0.3) is 0 Å². The highest BCUT2D eigenvalue weighted by Crippen LogP contribution is 2.22. The van der Waals surface area contributed by atoms with Gasteiger partial charge in [-0.25, -0.2) is 5.84 Å². The zero-order chi connectivity index (χ0) is 11.4. The summed E-state index contributed by atoms with van der Waals surface area (Å²) in [5, 5.41) is 0. The van der Waals surface area contributed by atoms with Crippen LogP contribution in [0, 0.1) is 0 Å². The molecule has 0 aromatic heterocycles. The number of aryl methyl sites for hydroxylation is 1. The molecular weight excluding hydrogens is 204 g/mol. The Morgan fingerprint density at radius 3 is 2.94 bits per heavy atom. The van der Waals surface area contributed by atoms with Crippen molar-refractivity contribution in [1.29, 1.82) is 0 Å². The van der Waals surface area contributed by atoms with E-state index in [1.807, 2.05) is 6.07 Å². The van der Waals surface area contributed by atoms with Crippen molar-refractivity contribution >= 4 is 5.91 Å². The van der Waals surface area contributed by atoms with Crippen LogP contribution in [-0.4, -0.2) is 18.6 Å². The minimum Gasteiger partial charge on any atom is -0.368 e. The fourth-order valence-corrected chi connectivity index (χ4v) is 2.04. The van der Waals surface area contributed by atoms with E-state index in [0.717, 1.165) is 19.3 Å². The quantitative estimate of drug-likeness (QED) is 0.444. The monoisotopic (exact) mass is 220 g/mol. The second-order valence-electron chi connectivity index (χ2n) is 4.01. The first kappa shape index (κ1) is 11.1. The summed E-state index contributed by atoms with van der Waals surface area (Å²) in [6.45, 7) is 0.0450. The second kappa shape index (κ2) is 5.09. The Labute approximate surface area is 94.8 Å². The Bertz CT molecular complexity index is 379. The lowest BCUT2D eigenvalue weighted by molar-refractivity contribution is -0.128. The third-order valence-corrected chi connectivity index (χ3v) is 2.91. The molecule has 0 spiro atoms. The van der Waals surface area contributed by atoms with Crippen LogP contribution in [0.2, 0.25) is 0 Å². The lowest BCUT2D eigenvalue weighted by Crippen LogP contribution is -2.35. The number of hydrogen-bond donors (Lipinski definition) is 2. The third-order valence-electron chi connectivity index (χ3n) is 2.91. The van der Waals surface area contributed by atoms with Gasteiger partial charge in [-0.3, -0.25) is 10.2 Å². The van der Waals surface area contributed by atoms with E-state index in [2.05, 4.69) is 23.6 Å². The van der Waals surface area contributed by atoms with E-state index < -0.39 is 0 Å². The second-order valence-corrected chi connectivity index (χ2v) is 4.01. The highest BCUT2D eigenvalue weighted by Gasteiger charge is 2.19. The number of nitrogens with two attached hydrogens (primary N) is 1. The van der Waals surface area contributed by atoms with Crippen LogP contribution in [0.15, 0.2) is 24.3 Å². The smallest absolute Gasteiger partial charge is 0.259 e. The molecule has 0 saturated carbocycles. The molecule has 0 heterocycles. The van der Waals surface area contributed by atoms with E-state index in [0.29, 0.717) is 0 Å². The number of carbonyl (C=O) groups excluding carboxylic acids is 1. The van der Waals surface area contributed by atoms with Gasteiger partial charge in [-0.2, -0.15) is 0 Å². The van der Waals surface area contributed by atoms with Crippen LogP contribution in [0.4, 0.5) is 0 Å². The Morgan fingerprint density at radius 2 is 2.19 bits per heavy atom. The minimum atomic E-state index is -0.279. The maximum absolute atomic E-state index is 10.9. The zero-order valence-corrected chi connectivity index (χ0v) is 9.11. The molecule has 16 heavy (non-hydrogen) atoms. The molecule has 1 atom stereocenters. The van der Waals surface area contributed by atoms with Crippen LogP contribution in [0.3, 0.4) is 0 Å². The van der Waals surface area contributed by atoms with Crippen LogP contribution in [0.5, 0.6) is 0 Å². The number of hydrogen-bond acceptors (Lipinski definition) is 3. The lowest BCUT2D eigenvalue weighted by Gasteiger charge is -2.24. The van der Waals surface area contributed by atoms with E-state index in [9.17, 15) is 4.79 Å². The van der Waals surface area contributed by atoms with Gasteiger partial charge in [0.1, 0.15) is 6.61 Å². The summed E-state index contributed by atoms with van der Waals surface area (Å²) in [6.07, 6.45) is 3.00. The van der Waals surface area contributed by atoms with E-state index in [4.69, 9.17) is 10.6 Å². The van der Waals surface area contributed by atoms with Crippen molar-refractivity contribution in [3.63, 3.8) is 0 Å². The Balaban J connectivity index is 1.90.